The molecule has 3 aromatic rings. The number of nitrogens with one attached hydrogen (secondary N) is 2. The van der Waals surface area contributed by atoms with Crippen molar-refractivity contribution in [1.82, 2.24) is 4.98 Å². The molecule has 0 amide bonds. The second-order valence-corrected chi connectivity index (χ2v) is 5.81. The Morgan fingerprint density at radius 3 is 2.39 bits per heavy atom. The van der Waals surface area contributed by atoms with E-state index in [-0.39, 0.29) is 23.5 Å². The molecule has 0 spiro atoms. The van der Waals surface area contributed by atoms with E-state index in [1.807, 2.05) is 0 Å². The summed E-state index contributed by atoms with van der Waals surface area (Å²) in [7, 11) is 3.08. The Morgan fingerprint density at radius 2 is 1.82 bits per heavy atom. The van der Waals surface area contributed by atoms with E-state index >= 15 is 0 Å². The number of carbonyl (C=O) groups is 1. The molecule has 0 atom stereocenters. The van der Waals surface area contributed by atoms with Gasteiger partial charge in [-0.25, -0.2) is 4.79 Å². The highest BCUT2D eigenvalue weighted by molar-refractivity contribution is 6.04. The number of aromatic amines is 1. The van der Waals surface area contributed by atoms with Crippen LogP contribution in [-0.4, -0.2) is 36.7 Å². The predicted molar refractivity (Wildman–Crippen MR) is 104 cm³/mol. The number of nitrogens with zero attached hydrogens (tertiary/aromatic N) is 1. The second-order valence-electron chi connectivity index (χ2n) is 5.81. The lowest BCUT2D eigenvalue weighted by atomic mass is 10.1. The largest absolute Gasteiger partial charge is 0.497 e. The molecule has 0 aliphatic rings. The van der Waals surface area contributed by atoms with Crippen LogP contribution in [0.2, 0.25) is 0 Å². The van der Waals surface area contributed by atoms with Gasteiger partial charge in [-0.1, -0.05) is 0 Å². The SMILES string of the molecule is CCOC(=O)c1cc2c(Nc3cc(OC)cc(OC)c3)ccc([N+](=O)[O-])c2[nH]1. The minimum atomic E-state index is -0.581. The fourth-order valence-electron chi connectivity index (χ4n) is 2.82. The molecule has 146 valence electrons. The summed E-state index contributed by atoms with van der Waals surface area (Å²) in [5, 5.41) is 15.0. The first-order valence-corrected chi connectivity index (χ1v) is 8.44. The average Bonchev–Trinajstić information content (AvgIpc) is 3.13. The number of nitro groups is 1. The molecule has 0 radical (unpaired) electrons. The van der Waals surface area contributed by atoms with Crippen molar-refractivity contribution in [2.45, 2.75) is 6.92 Å². The first-order chi connectivity index (χ1) is 13.5. The zero-order valence-electron chi connectivity index (χ0n) is 15.6. The number of hydrogen-bond acceptors (Lipinski definition) is 7. The third-order valence-electron chi connectivity index (χ3n) is 4.09. The maximum absolute atomic E-state index is 12.1. The van der Waals surface area contributed by atoms with Crippen LogP contribution in [0.25, 0.3) is 10.9 Å². The van der Waals surface area contributed by atoms with Crippen molar-refractivity contribution >= 4 is 33.9 Å². The lowest BCUT2D eigenvalue weighted by Gasteiger charge is -2.11. The zero-order valence-corrected chi connectivity index (χ0v) is 15.6. The molecule has 0 aliphatic heterocycles. The summed E-state index contributed by atoms with van der Waals surface area (Å²) >= 11 is 0. The van der Waals surface area contributed by atoms with E-state index in [1.54, 1.807) is 45.4 Å². The molecule has 9 heteroatoms. The lowest BCUT2D eigenvalue weighted by Crippen LogP contribution is -2.04. The summed E-state index contributed by atoms with van der Waals surface area (Å²) in [4.78, 5) is 25.7. The van der Waals surface area contributed by atoms with Crippen LogP contribution in [-0.2, 0) is 4.74 Å². The van der Waals surface area contributed by atoms with Gasteiger partial charge in [0.2, 0.25) is 0 Å². The first-order valence-electron chi connectivity index (χ1n) is 8.44. The Morgan fingerprint density at radius 1 is 1.14 bits per heavy atom. The van der Waals surface area contributed by atoms with E-state index in [9.17, 15) is 14.9 Å². The topological polar surface area (TPSA) is 116 Å². The zero-order chi connectivity index (χ0) is 20.3. The predicted octanol–water partition coefficient (Wildman–Crippen LogP) is 4.01. The van der Waals surface area contributed by atoms with Crippen LogP contribution in [0.4, 0.5) is 17.1 Å². The number of ether oxygens (including phenoxy) is 3. The van der Waals surface area contributed by atoms with Gasteiger partial charge in [-0.15, -0.1) is 0 Å². The molecular formula is C19H19N3O6. The summed E-state index contributed by atoms with van der Waals surface area (Å²) in [6, 6.07) is 9.72. The maximum Gasteiger partial charge on any atom is 0.354 e. The molecule has 28 heavy (non-hydrogen) atoms. The second kappa shape index (κ2) is 7.87. The first kappa shape index (κ1) is 19.0. The smallest absolute Gasteiger partial charge is 0.354 e. The molecule has 0 fully saturated rings. The summed E-state index contributed by atoms with van der Waals surface area (Å²) in [5.41, 5.74) is 1.46. The molecule has 2 N–H and O–H groups in total. The fourth-order valence-corrected chi connectivity index (χ4v) is 2.82. The van der Waals surface area contributed by atoms with Gasteiger partial charge < -0.3 is 24.5 Å². The van der Waals surface area contributed by atoms with Crippen LogP contribution >= 0.6 is 0 Å². The Kier molecular flexibility index (Phi) is 5.35. The Labute approximate surface area is 160 Å². The Hall–Kier alpha value is -3.75. The van der Waals surface area contributed by atoms with Gasteiger partial charge in [-0.3, -0.25) is 10.1 Å². The number of nitro benzene ring substituents is 1. The van der Waals surface area contributed by atoms with Gasteiger partial charge in [0.15, 0.2) is 0 Å². The number of esters is 1. The normalized spacial score (nSPS) is 10.5. The van der Waals surface area contributed by atoms with Gasteiger partial charge in [0.1, 0.15) is 22.7 Å². The van der Waals surface area contributed by atoms with Crippen LogP contribution in [0.5, 0.6) is 11.5 Å². The Bertz CT molecular complexity index is 1020. The molecule has 1 heterocycles. The van der Waals surface area contributed by atoms with Gasteiger partial charge in [-0.2, -0.15) is 0 Å². The number of hydrogen-bond donors (Lipinski definition) is 2. The highest BCUT2D eigenvalue weighted by Crippen LogP contribution is 2.35. The van der Waals surface area contributed by atoms with E-state index in [4.69, 9.17) is 14.2 Å². The third-order valence-corrected chi connectivity index (χ3v) is 4.09. The lowest BCUT2D eigenvalue weighted by molar-refractivity contribution is -0.383. The van der Waals surface area contributed by atoms with Crippen molar-refractivity contribution in [3.63, 3.8) is 0 Å². The van der Waals surface area contributed by atoms with E-state index in [2.05, 4.69) is 10.3 Å². The molecule has 0 unspecified atom stereocenters. The van der Waals surface area contributed by atoms with E-state index in [0.29, 0.717) is 28.3 Å². The quantitative estimate of drug-likeness (QED) is 0.358. The number of anilines is 2. The standard InChI is InChI=1S/C19H19N3O6/c1-4-28-19(23)16-10-14-15(5-6-17(22(24)25)18(14)21-16)20-11-7-12(26-2)9-13(8-11)27-3/h5-10,20-21H,4H2,1-3H3. The maximum atomic E-state index is 12.1. The van der Waals surface area contributed by atoms with E-state index in [1.165, 1.54) is 12.1 Å². The molecule has 0 saturated carbocycles. The molecule has 1 aromatic heterocycles. The van der Waals surface area contributed by atoms with E-state index < -0.39 is 10.9 Å². The average molecular weight is 385 g/mol. The molecule has 0 saturated heterocycles. The van der Waals surface area contributed by atoms with Gasteiger partial charge in [0, 0.05) is 41.0 Å². The molecule has 9 nitrogen and oxygen atoms in total. The molecular weight excluding hydrogens is 366 g/mol. The van der Waals surface area contributed by atoms with Crippen molar-refractivity contribution in [2.24, 2.45) is 0 Å². The van der Waals surface area contributed by atoms with Gasteiger partial charge >= 0.3 is 5.97 Å². The number of H-pyrrole nitrogens is 1. The fraction of sp³-hybridized carbons (Fsp3) is 0.211. The van der Waals surface area contributed by atoms with Crippen LogP contribution in [0.3, 0.4) is 0 Å². The number of rotatable bonds is 7. The molecule has 0 aliphatic carbocycles. The minimum absolute atomic E-state index is 0.137. The van der Waals surface area contributed by atoms with E-state index in [0.717, 1.165) is 0 Å². The van der Waals surface area contributed by atoms with Crippen molar-refractivity contribution in [3.05, 3.63) is 52.2 Å². The van der Waals surface area contributed by atoms with Crippen LogP contribution < -0.4 is 14.8 Å². The van der Waals surface area contributed by atoms with Gasteiger partial charge in [0.25, 0.3) is 5.69 Å². The number of carbonyl (C=O) groups excluding carboxylic acids is 1. The summed E-state index contributed by atoms with van der Waals surface area (Å²) in [6.07, 6.45) is 0. The van der Waals surface area contributed by atoms with Crippen molar-refractivity contribution < 1.29 is 23.9 Å². The summed E-state index contributed by atoms with van der Waals surface area (Å²) < 4.78 is 15.5. The van der Waals surface area contributed by atoms with Crippen LogP contribution in [0.1, 0.15) is 17.4 Å². The van der Waals surface area contributed by atoms with Crippen molar-refractivity contribution in [1.29, 1.82) is 0 Å². The van der Waals surface area contributed by atoms with Crippen LogP contribution in [0.15, 0.2) is 36.4 Å². The number of methoxy groups -OCH3 is 2. The van der Waals surface area contributed by atoms with Crippen molar-refractivity contribution in [3.8, 4) is 11.5 Å². The number of benzene rings is 2. The molecule has 3 rings (SSSR count). The number of aromatic nitrogens is 1. The highest BCUT2D eigenvalue weighted by Gasteiger charge is 2.20. The monoisotopic (exact) mass is 385 g/mol. The van der Waals surface area contributed by atoms with Crippen LogP contribution in [0, 0.1) is 10.1 Å². The van der Waals surface area contributed by atoms with Gasteiger partial charge in [-0.05, 0) is 19.1 Å². The summed E-state index contributed by atoms with van der Waals surface area (Å²) in [5.74, 6) is 0.588. The molecule has 0 bridgehead atoms. The Balaban J connectivity index is 2.10. The highest BCUT2D eigenvalue weighted by atomic mass is 16.6. The number of non-ortho nitro benzene ring substituents is 1. The third kappa shape index (κ3) is 3.68. The molecule has 2 aromatic carbocycles. The summed E-state index contributed by atoms with van der Waals surface area (Å²) in [6.45, 7) is 1.89. The number of fused-ring (bicyclic) bond motifs is 1. The van der Waals surface area contributed by atoms with Crippen molar-refractivity contribution in [2.75, 3.05) is 26.1 Å². The van der Waals surface area contributed by atoms with Gasteiger partial charge in [0.05, 0.1) is 25.7 Å². The minimum Gasteiger partial charge on any atom is -0.497 e.